The molecule has 0 rings (SSSR count). The molecule has 0 aromatic heterocycles. The van der Waals surface area contributed by atoms with E-state index in [-0.39, 0.29) is 12.7 Å². The van der Waals surface area contributed by atoms with Gasteiger partial charge in [0, 0.05) is 0 Å². The van der Waals surface area contributed by atoms with Crippen molar-refractivity contribution in [2.45, 2.75) is 19.8 Å². The van der Waals surface area contributed by atoms with E-state index in [1.54, 1.807) is 0 Å². The molecular formula is C6H16N2O2. The Morgan fingerprint density at radius 1 is 1.60 bits per heavy atom. The van der Waals surface area contributed by atoms with Crippen LogP contribution in [-0.2, 0) is 4.79 Å². The van der Waals surface area contributed by atoms with Crippen molar-refractivity contribution in [3.8, 4) is 0 Å². The van der Waals surface area contributed by atoms with Gasteiger partial charge in [0.05, 0.1) is 6.54 Å². The molecule has 0 saturated heterocycles. The van der Waals surface area contributed by atoms with Gasteiger partial charge in [0.1, 0.15) is 0 Å². The van der Waals surface area contributed by atoms with E-state index >= 15 is 0 Å². The fraction of sp³-hybridized carbons (Fsp3) is 0.833. The molecule has 0 aliphatic heterocycles. The molecule has 0 fully saturated rings. The van der Waals surface area contributed by atoms with Gasteiger partial charge in [-0.05, 0) is 13.0 Å². The van der Waals surface area contributed by atoms with Crippen LogP contribution in [0.15, 0.2) is 0 Å². The molecule has 0 heterocycles. The second-order valence-corrected chi connectivity index (χ2v) is 1.92. The number of nitrogens with one attached hydrogen (secondary N) is 1. The molecule has 0 amide bonds. The highest BCUT2D eigenvalue weighted by Gasteiger charge is 1.91. The molecular weight excluding hydrogens is 132 g/mol. The molecule has 0 radical (unpaired) electrons. The molecule has 0 aromatic rings. The van der Waals surface area contributed by atoms with Crippen LogP contribution in [0.3, 0.4) is 0 Å². The van der Waals surface area contributed by atoms with Crippen LogP contribution in [0.4, 0.5) is 0 Å². The lowest BCUT2D eigenvalue weighted by molar-refractivity contribution is -0.135. The Bertz CT molecular complexity index is 85.8. The minimum atomic E-state index is -0.786. The number of hydrogen-bond acceptors (Lipinski definition) is 3. The van der Waals surface area contributed by atoms with Gasteiger partial charge in [-0.3, -0.25) is 4.79 Å². The Morgan fingerprint density at radius 2 is 2.20 bits per heavy atom. The number of unbranched alkanes of at least 4 members (excludes halogenated alkanes) is 1. The van der Waals surface area contributed by atoms with Crippen molar-refractivity contribution >= 4 is 5.97 Å². The Morgan fingerprint density at radius 3 is 2.60 bits per heavy atom. The van der Waals surface area contributed by atoms with Crippen molar-refractivity contribution in [2.24, 2.45) is 0 Å². The molecule has 0 aliphatic rings. The summed E-state index contributed by atoms with van der Waals surface area (Å²) < 4.78 is 0. The van der Waals surface area contributed by atoms with Gasteiger partial charge in [0.15, 0.2) is 0 Å². The number of hydrogen-bond donors (Lipinski definition) is 3. The van der Waals surface area contributed by atoms with Crippen LogP contribution in [0.2, 0.25) is 0 Å². The molecule has 4 nitrogen and oxygen atoms in total. The highest BCUT2D eigenvalue weighted by molar-refractivity contribution is 5.68. The molecule has 5 N–H and O–H groups in total. The molecule has 0 bridgehead atoms. The van der Waals surface area contributed by atoms with E-state index < -0.39 is 5.97 Å². The van der Waals surface area contributed by atoms with Crippen LogP contribution >= 0.6 is 0 Å². The minimum Gasteiger partial charge on any atom is -0.480 e. The summed E-state index contributed by atoms with van der Waals surface area (Å²) in [5.74, 6) is -0.786. The summed E-state index contributed by atoms with van der Waals surface area (Å²) in [6, 6.07) is 0. The maximum absolute atomic E-state index is 9.90. The van der Waals surface area contributed by atoms with Gasteiger partial charge in [-0.1, -0.05) is 13.3 Å². The quantitative estimate of drug-likeness (QED) is 0.499. The van der Waals surface area contributed by atoms with Crippen LogP contribution < -0.4 is 11.5 Å². The third-order valence-corrected chi connectivity index (χ3v) is 0.983. The first-order valence-electron chi connectivity index (χ1n) is 3.20. The molecule has 0 aliphatic carbocycles. The fourth-order valence-corrected chi connectivity index (χ4v) is 0.497. The zero-order valence-electron chi connectivity index (χ0n) is 6.39. The summed E-state index contributed by atoms with van der Waals surface area (Å²) in [4.78, 5) is 9.90. The highest BCUT2D eigenvalue weighted by atomic mass is 16.4. The van der Waals surface area contributed by atoms with E-state index in [0.717, 1.165) is 19.4 Å². The third kappa shape index (κ3) is 10.4. The number of rotatable bonds is 5. The van der Waals surface area contributed by atoms with Crippen LogP contribution in [0.5, 0.6) is 0 Å². The summed E-state index contributed by atoms with van der Waals surface area (Å²) in [5, 5.41) is 10.9. The van der Waals surface area contributed by atoms with Crippen molar-refractivity contribution < 1.29 is 9.90 Å². The number of aliphatic carboxylic acids is 1. The summed E-state index contributed by atoms with van der Waals surface area (Å²) in [5.41, 5.74) is 0. The van der Waals surface area contributed by atoms with E-state index in [4.69, 9.17) is 5.11 Å². The van der Waals surface area contributed by atoms with E-state index in [9.17, 15) is 4.79 Å². The first kappa shape index (κ1) is 12.1. The molecule has 10 heavy (non-hydrogen) atoms. The van der Waals surface area contributed by atoms with Gasteiger partial charge in [0.2, 0.25) is 0 Å². The van der Waals surface area contributed by atoms with Gasteiger partial charge in [0.25, 0.3) is 0 Å². The van der Waals surface area contributed by atoms with Gasteiger partial charge >= 0.3 is 5.97 Å². The maximum Gasteiger partial charge on any atom is 0.317 e. The van der Waals surface area contributed by atoms with Gasteiger partial charge in [-0.25, -0.2) is 0 Å². The Balaban J connectivity index is 0. The van der Waals surface area contributed by atoms with Crippen LogP contribution in [-0.4, -0.2) is 24.2 Å². The summed E-state index contributed by atoms with van der Waals surface area (Å²) in [7, 11) is 0. The molecule has 0 atom stereocenters. The van der Waals surface area contributed by atoms with E-state index in [2.05, 4.69) is 12.2 Å². The van der Waals surface area contributed by atoms with Crippen molar-refractivity contribution in [1.82, 2.24) is 11.5 Å². The first-order valence-corrected chi connectivity index (χ1v) is 3.20. The topological polar surface area (TPSA) is 84.3 Å². The fourth-order valence-electron chi connectivity index (χ4n) is 0.497. The minimum absolute atomic E-state index is 0. The second-order valence-electron chi connectivity index (χ2n) is 1.92. The molecule has 62 valence electrons. The Labute approximate surface area is 61.2 Å². The summed E-state index contributed by atoms with van der Waals surface area (Å²) in [6.45, 7) is 2.96. The Hall–Kier alpha value is -0.610. The number of carbonyl (C=O) groups is 1. The predicted octanol–water partition coefficient (Wildman–Crippen LogP) is 0.623. The predicted molar refractivity (Wildman–Crippen MR) is 40.4 cm³/mol. The van der Waals surface area contributed by atoms with Crippen LogP contribution in [0.1, 0.15) is 19.8 Å². The first-order chi connectivity index (χ1) is 4.27. The van der Waals surface area contributed by atoms with Crippen molar-refractivity contribution in [1.29, 1.82) is 0 Å². The third-order valence-electron chi connectivity index (χ3n) is 0.983. The summed E-state index contributed by atoms with van der Waals surface area (Å²) in [6.07, 6.45) is 2.15. The monoisotopic (exact) mass is 148 g/mol. The number of carboxylic acid groups (broad SMARTS) is 1. The van der Waals surface area contributed by atoms with Crippen LogP contribution in [0.25, 0.3) is 0 Å². The zero-order valence-corrected chi connectivity index (χ0v) is 6.39. The van der Waals surface area contributed by atoms with E-state index in [1.807, 2.05) is 0 Å². The maximum atomic E-state index is 9.90. The van der Waals surface area contributed by atoms with Crippen molar-refractivity contribution in [3.05, 3.63) is 0 Å². The van der Waals surface area contributed by atoms with Gasteiger partial charge in [-0.2, -0.15) is 0 Å². The van der Waals surface area contributed by atoms with Gasteiger partial charge in [-0.15, -0.1) is 0 Å². The largest absolute Gasteiger partial charge is 0.480 e. The van der Waals surface area contributed by atoms with Gasteiger partial charge < -0.3 is 16.6 Å². The van der Waals surface area contributed by atoms with Crippen LogP contribution in [0, 0.1) is 0 Å². The standard InChI is InChI=1S/C6H13NO2.H3N/c1-2-3-4-7-5-6(8)9;/h7H,2-5H2,1H3,(H,8,9);1H3. The van der Waals surface area contributed by atoms with Crippen molar-refractivity contribution in [3.63, 3.8) is 0 Å². The highest BCUT2D eigenvalue weighted by Crippen LogP contribution is 1.80. The van der Waals surface area contributed by atoms with E-state index in [0.29, 0.717) is 0 Å². The Kier molecular flexibility index (Phi) is 10.2. The second kappa shape index (κ2) is 8.39. The average molecular weight is 148 g/mol. The SMILES string of the molecule is CCCCNCC(=O)O.N. The lowest BCUT2D eigenvalue weighted by Crippen LogP contribution is -2.23. The average Bonchev–Trinajstić information content (AvgIpc) is 1.80. The molecule has 0 saturated carbocycles. The van der Waals surface area contributed by atoms with E-state index in [1.165, 1.54) is 0 Å². The molecule has 4 heteroatoms. The lowest BCUT2D eigenvalue weighted by Gasteiger charge is -1.96. The molecule has 0 aromatic carbocycles. The van der Waals surface area contributed by atoms with Crippen molar-refractivity contribution in [2.75, 3.05) is 13.1 Å². The number of carboxylic acids is 1. The smallest absolute Gasteiger partial charge is 0.317 e. The lowest BCUT2D eigenvalue weighted by atomic mass is 10.3. The summed E-state index contributed by atoms with van der Waals surface area (Å²) >= 11 is 0. The normalized spacial score (nSPS) is 8.50. The molecule has 0 unspecified atom stereocenters. The zero-order chi connectivity index (χ0) is 7.11. The molecule has 0 spiro atoms.